The summed E-state index contributed by atoms with van der Waals surface area (Å²) in [6.07, 6.45) is 3.81. The molecule has 1 amide bonds. The van der Waals surface area contributed by atoms with Crippen LogP contribution in [-0.2, 0) is 6.54 Å². The van der Waals surface area contributed by atoms with Gasteiger partial charge in [0.25, 0.3) is 5.91 Å². The van der Waals surface area contributed by atoms with Crippen molar-refractivity contribution in [1.29, 1.82) is 0 Å². The Morgan fingerprint density at radius 3 is 2.54 bits per heavy atom. The molecule has 4 rings (SSSR count). The van der Waals surface area contributed by atoms with Crippen molar-refractivity contribution in [3.63, 3.8) is 0 Å². The SMILES string of the molecule is O=C1c2nn(-c3ccccc3Cl)c(C=Cc3ccc(Cl)cc3)c2CN1CCF. The van der Waals surface area contributed by atoms with E-state index in [1.807, 2.05) is 54.6 Å². The fourth-order valence-corrected chi connectivity index (χ4v) is 3.56. The zero-order valence-corrected chi connectivity index (χ0v) is 16.3. The number of carbonyl (C=O) groups excluding carboxylic acids is 1. The van der Waals surface area contributed by atoms with Gasteiger partial charge in [0, 0.05) is 17.1 Å². The molecule has 4 nitrogen and oxygen atoms in total. The highest BCUT2D eigenvalue weighted by molar-refractivity contribution is 6.32. The number of hydrogen-bond donors (Lipinski definition) is 0. The van der Waals surface area contributed by atoms with Gasteiger partial charge >= 0.3 is 0 Å². The minimum Gasteiger partial charge on any atom is -0.330 e. The predicted octanol–water partition coefficient (Wildman–Crippen LogP) is 5.27. The molecule has 2 heterocycles. The van der Waals surface area contributed by atoms with E-state index in [1.165, 1.54) is 4.90 Å². The average Bonchev–Trinajstić information content (AvgIpc) is 3.19. The smallest absolute Gasteiger partial charge is 0.275 e. The van der Waals surface area contributed by atoms with Crippen molar-refractivity contribution in [2.75, 3.05) is 13.2 Å². The molecule has 1 aromatic heterocycles. The molecule has 7 heteroatoms. The van der Waals surface area contributed by atoms with E-state index in [4.69, 9.17) is 23.2 Å². The lowest BCUT2D eigenvalue weighted by molar-refractivity contribution is 0.0761. The lowest BCUT2D eigenvalue weighted by Gasteiger charge is -2.15. The summed E-state index contributed by atoms with van der Waals surface area (Å²) in [4.78, 5) is 14.1. The first-order valence-electron chi connectivity index (χ1n) is 8.74. The Labute approximate surface area is 171 Å². The van der Waals surface area contributed by atoms with E-state index in [0.717, 1.165) is 16.8 Å². The van der Waals surface area contributed by atoms with Crippen LogP contribution in [0.3, 0.4) is 0 Å². The maximum atomic E-state index is 12.8. The van der Waals surface area contributed by atoms with Gasteiger partial charge in [-0.25, -0.2) is 9.07 Å². The summed E-state index contributed by atoms with van der Waals surface area (Å²) >= 11 is 12.3. The van der Waals surface area contributed by atoms with Crippen LogP contribution >= 0.6 is 23.2 Å². The van der Waals surface area contributed by atoms with Gasteiger partial charge in [-0.15, -0.1) is 0 Å². The minimum absolute atomic E-state index is 0.0572. The van der Waals surface area contributed by atoms with E-state index in [9.17, 15) is 9.18 Å². The van der Waals surface area contributed by atoms with Gasteiger partial charge in [-0.1, -0.05) is 53.5 Å². The van der Waals surface area contributed by atoms with Gasteiger partial charge in [-0.05, 0) is 35.9 Å². The molecule has 0 saturated carbocycles. The van der Waals surface area contributed by atoms with Crippen LogP contribution in [0.1, 0.15) is 27.3 Å². The number of aromatic nitrogens is 2. The van der Waals surface area contributed by atoms with Gasteiger partial charge < -0.3 is 4.90 Å². The zero-order chi connectivity index (χ0) is 19.7. The number of hydrogen-bond acceptors (Lipinski definition) is 2. The number of rotatable bonds is 5. The Morgan fingerprint density at radius 1 is 1.07 bits per heavy atom. The molecule has 1 aliphatic rings. The third kappa shape index (κ3) is 3.43. The summed E-state index contributed by atoms with van der Waals surface area (Å²) in [5, 5.41) is 5.69. The number of nitrogens with zero attached hydrogens (tertiary/aromatic N) is 3. The molecule has 142 valence electrons. The van der Waals surface area contributed by atoms with Crippen LogP contribution in [-0.4, -0.2) is 33.8 Å². The maximum absolute atomic E-state index is 12.8. The molecule has 3 aromatic rings. The highest BCUT2D eigenvalue weighted by Gasteiger charge is 2.34. The molecule has 0 bridgehead atoms. The van der Waals surface area contributed by atoms with Crippen LogP contribution in [0.5, 0.6) is 0 Å². The van der Waals surface area contributed by atoms with Gasteiger partial charge in [-0.2, -0.15) is 5.10 Å². The van der Waals surface area contributed by atoms with Crippen LogP contribution in [0.4, 0.5) is 4.39 Å². The lowest BCUT2D eigenvalue weighted by atomic mass is 10.1. The van der Waals surface area contributed by atoms with Crippen molar-refractivity contribution in [2.45, 2.75) is 6.54 Å². The number of carbonyl (C=O) groups is 1. The van der Waals surface area contributed by atoms with Gasteiger partial charge in [0.15, 0.2) is 5.69 Å². The molecule has 0 spiro atoms. The van der Waals surface area contributed by atoms with Crippen LogP contribution in [0.2, 0.25) is 10.0 Å². The fraction of sp³-hybridized carbons (Fsp3) is 0.143. The molecule has 0 N–H and O–H groups in total. The van der Waals surface area contributed by atoms with E-state index in [1.54, 1.807) is 10.7 Å². The average molecular weight is 416 g/mol. The second kappa shape index (κ2) is 7.78. The highest BCUT2D eigenvalue weighted by atomic mass is 35.5. The molecule has 1 aliphatic heterocycles. The van der Waals surface area contributed by atoms with Crippen LogP contribution < -0.4 is 0 Å². The Hall–Kier alpha value is -2.63. The molecule has 0 atom stereocenters. The Kier molecular flexibility index (Phi) is 5.20. The summed E-state index contributed by atoms with van der Waals surface area (Å²) in [6, 6.07) is 14.7. The summed E-state index contributed by atoms with van der Waals surface area (Å²) in [7, 11) is 0. The Bertz CT molecular complexity index is 1060. The number of alkyl halides is 1. The van der Waals surface area contributed by atoms with E-state index in [-0.39, 0.29) is 12.5 Å². The van der Waals surface area contributed by atoms with Crippen LogP contribution in [0.15, 0.2) is 48.5 Å². The second-order valence-corrected chi connectivity index (χ2v) is 7.22. The number of amides is 1. The lowest BCUT2D eigenvalue weighted by Crippen LogP contribution is -2.27. The number of fused-ring (bicyclic) bond motifs is 1. The molecular weight excluding hydrogens is 400 g/mol. The summed E-state index contributed by atoms with van der Waals surface area (Å²) in [5.74, 6) is -0.264. The fourth-order valence-electron chi connectivity index (χ4n) is 3.21. The van der Waals surface area contributed by atoms with E-state index in [2.05, 4.69) is 5.10 Å². The number of para-hydroxylation sites is 1. The van der Waals surface area contributed by atoms with Crippen molar-refractivity contribution in [3.05, 3.63) is 81.1 Å². The van der Waals surface area contributed by atoms with Crippen molar-refractivity contribution in [1.82, 2.24) is 14.7 Å². The van der Waals surface area contributed by atoms with Crippen LogP contribution in [0, 0.1) is 0 Å². The first-order chi connectivity index (χ1) is 13.6. The molecule has 0 radical (unpaired) electrons. The number of benzene rings is 2. The predicted molar refractivity (Wildman–Crippen MR) is 110 cm³/mol. The van der Waals surface area contributed by atoms with E-state index >= 15 is 0 Å². The normalized spacial score (nSPS) is 13.5. The van der Waals surface area contributed by atoms with E-state index in [0.29, 0.717) is 28.0 Å². The molecule has 28 heavy (non-hydrogen) atoms. The van der Waals surface area contributed by atoms with Crippen molar-refractivity contribution in [3.8, 4) is 5.69 Å². The van der Waals surface area contributed by atoms with Crippen molar-refractivity contribution >= 4 is 41.3 Å². The summed E-state index contributed by atoms with van der Waals surface area (Å²) in [5.41, 5.74) is 3.48. The Morgan fingerprint density at radius 2 is 1.82 bits per heavy atom. The maximum Gasteiger partial charge on any atom is 0.275 e. The third-order valence-corrected chi connectivity index (χ3v) is 5.17. The van der Waals surface area contributed by atoms with Gasteiger partial charge in [-0.3, -0.25) is 4.79 Å². The van der Waals surface area contributed by atoms with Crippen LogP contribution in [0.25, 0.3) is 17.8 Å². The van der Waals surface area contributed by atoms with Gasteiger partial charge in [0.05, 0.1) is 22.9 Å². The third-order valence-electron chi connectivity index (χ3n) is 4.60. The number of halogens is 3. The van der Waals surface area contributed by atoms with Crippen molar-refractivity contribution < 1.29 is 9.18 Å². The largest absolute Gasteiger partial charge is 0.330 e. The van der Waals surface area contributed by atoms with Crippen molar-refractivity contribution in [2.24, 2.45) is 0 Å². The Balaban J connectivity index is 1.81. The summed E-state index contributed by atoms with van der Waals surface area (Å²) in [6.45, 7) is -0.207. The molecule has 0 fully saturated rings. The molecule has 2 aromatic carbocycles. The zero-order valence-electron chi connectivity index (χ0n) is 14.8. The second-order valence-electron chi connectivity index (χ2n) is 6.38. The monoisotopic (exact) mass is 415 g/mol. The first-order valence-corrected chi connectivity index (χ1v) is 9.50. The molecule has 0 unspecified atom stereocenters. The van der Waals surface area contributed by atoms with Gasteiger partial charge in [0.1, 0.15) is 6.67 Å². The van der Waals surface area contributed by atoms with Gasteiger partial charge in [0.2, 0.25) is 0 Å². The standard InChI is InChI=1S/C21H16Cl2FN3O/c22-15-8-5-14(6-9-15)7-10-18-16-13-26(12-11-24)21(28)20(16)25-27(18)19-4-2-1-3-17(19)23/h1-10H,11-13H2. The highest BCUT2D eigenvalue weighted by Crippen LogP contribution is 2.31. The molecule has 0 saturated heterocycles. The molecular formula is C21H16Cl2FN3O. The molecule has 0 aliphatic carbocycles. The minimum atomic E-state index is -0.587. The first kappa shape index (κ1) is 18.7. The van der Waals surface area contributed by atoms with E-state index < -0.39 is 6.67 Å². The summed E-state index contributed by atoms with van der Waals surface area (Å²) < 4.78 is 14.5. The quantitative estimate of drug-likeness (QED) is 0.568. The topological polar surface area (TPSA) is 38.1 Å².